The maximum atomic E-state index is 9.99. The Kier molecular flexibility index (Phi) is 3.14. The van der Waals surface area contributed by atoms with Gasteiger partial charge >= 0.3 is 0 Å². The molecule has 1 aromatic rings. The van der Waals surface area contributed by atoms with Gasteiger partial charge in [0.1, 0.15) is 24.4 Å². The second-order valence-electron chi connectivity index (χ2n) is 4.26. The molecular weight excluding hydrogens is 278 g/mol. The van der Waals surface area contributed by atoms with Crippen LogP contribution in [0.3, 0.4) is 0 Å². The molecule has 6 atom stereocenters. The van der Waals surface area contributed by atoms with Crippen LogP contribution in [0.5, 0.6) is 0 Å². The van der Waals surface area contributed by atoms with E-state index in [0.29, 0.717) is 0 Å². The number of hydrogen-bond acceptors (Lipinski definition) is 7. The molecule has 1 saturated heterocycles. The Balaban J connectivity index is 2.49. The fourth-order valence-corrected chi connectivity index (χ4v) is 1.79. The molecule has 1 aromatic carbocycles. The lowest BCUT2D eigenvalue weighted by atomic mass is 9.99. The largest absolute Gasteiger partial charge is 0.394 e. The number of aliphatic hydroxyl groups excluding tert-OH is 4. The van der Waals surface area contributed by atoms with Crippen molar-refractivity contribution >= 4 is 0 Å². The highest BCUT2D eigenvalue weighted by Crippen LogP contribution is 2.27. The van der Waals surface area contributed by atoms with E-state index in [-0.39, 0.29) is 0 Å². The molecular formula is C14H17NO6. The van der Waals surface area contributed by atoms with Crippen molar-refractivity contribution in [2.75, 3.05) is 6.61 Å². The number of aliphatic hydroxyl groups is 4. The minimum absolute atomic E-state index is 0.734. The number of hydrogen-bond donors (Lipinski definition) is 4. The van der Waals surface area contributed by atoms with Crippen LogP contribution in [-0.4, -0.2) is 57.7 Å². The molecule has 1 aliphatic rings. The first-order chi connectivity index (χ1) is 12.5. The van der Waals surface area contributed by atoms with Crippen molar-refractivity contribution in [3.63, 3.8) is 0 Å². The van der Waals surface area contributed by atoms with Gasteiger partial charge in [0.15, 0.2) is 12.4 Å². The van der Waals surface area contributed by atoms with E-state index in [9.17, 15) is 25.7 Å². The predicted molar refractivity (Wildman–Crippen MR) is 69.6 cm³/mol. The van der Waals surface area contributed by atoms with Gasteiger partial charge < -0.3 is 29.9 Å². The molecule has 0 radical (unpaired) electrons. The van der Waals surface area contributed by atoms with Gasteiger partial charge in [-0.2, -0.15) is 5.26 Å². The van der Waals surface area contributed by atoms with Crippen LogP contribution in [0.1, 0.15) is 19.9 Å². The summed E-state index contributed by atoms with van der Waals surface area (Å²) in [7, 11) is 0. The summed E-state index contributed by atoms with van der Waals surface area (Å²) >= 11 is 0. The average molecular weight is 301 g/mol. The van der Waals surface area contributed by atoms with Gasteiger partial charge in [-0.25, -0.2) is 0 Å². The molecule has 6 unspecified atom stereocenters. The highest BCUT2D eigenvalue weighted by atomic mass is 16.7. The Bertz CT molecular complexity index is 744. The molecule has 1 fully saturated rings. The van der Waals surface area contributed by atoms with Crippen molar-refractivity contribution in [2.45, 2.75) is 36.8 Å². The second kappa shape index (κ2) is 6.95. The summed E-state index contributed by atoms with van der Waals surface area (Å²) in [4.78, 5) is 0. The first-order valence-electron chi connectivity index (χ1n) is 8.97. The zero-order valence-electron chi connectivity index (χ0n) is 16.6. The first kappa shape index (κ1) is 9.48. The van der Waals surface area contributed by atoms with Crippen LogP contribution in [0.4, 0.5) is 0 Å². The molecule has 2 rings (SSSR count). The Morgan fingerprint density at radius 2 is 1.95 bits per heavy atom. The minimum atomic E-state index is -2.92. The monoisotopic (exact) mass is 301 g/mol. The normalized spacial score (nSPS) is 39.7. The molecule has 0 bridgehead atoms. The summed E-state index contributed by atoms with van der Waals surface area (Å²) in [5.74, 6) is 0. The second-order valence-corrected chi connectivity index (χ2v) is 4.26. The van der Waals surface area contributed by atoms with E-state index in [4.69, 9.17) is 17.7 Å². The van der Waals surface area contributed by atoms with Crippen molar-refractivity contribution in [3.8, 4) is 6.07 Å². The van der Waals surface area contributed by atoms with Gasteiger partial charge in [0.2, 0.25) is 0 Å². The Morgan fingerprint density at radius 3 is 2.52 bits per heavy atom. The standard InChI is InChI=1S/C14H17NO6/c15-6-9(8-4-2-1-3-5-8)20-14-13(19)12(18)11(17)10(7-16)21-14/h1-5,9-14,16-19H,7H2/i1D,2D,3D,4D,5D,9D. The topological polar surface area (TPSA) is 123 Å². The van der Waals surface area contributed by atoms with Crippen molar-refractivity contribution in [2.24, 2.45) is 0 Å². The van der Waals surface area contributed by atoms with Gasteiger partial charge in [-0.15, -0.1) is 0 Å². The number of nitriles is 1. The first-order valence-corrected chi connectivity index (χ1v) is 5.97. The highest BCUT2D eigenvalue weighted by Gasteiger charge is 2.44. The fraction of sp³-hybridized carbons (Fsp3) is 0.500. The van der Waals surface area contributed by atoms with Gasteiger partial charge in [0.25, 0.3) is 0 Å². The van der Waals surface area contributed by atoms with Crippen molar-refractivity contribution in [1.82, 2.24) is 0 Å². The lowest BCUT2D eigenvalue weighted by molar-refractivity contribution is -0.307. The van der Waals surface area contributed by atoms with Crippen LogP contribution < -0.4 is 0 Å². The molecule has 7 heteroatoms. The molecule has 0 saturated carbocycles. The molecule has 4 N–H and O–H groups in total. The number of nitrogens with zero attached hydrogens (tertiary/aromatic N) is 1. The maximum Gasteiger partial charge on any atom is 0.188 e. The average Bonchev–Trinajstić information content (AvgIpc) is 2.65. The highest BCUT2D eigenvalue weighted by molar-refractivity contribution is 5.22. The third-order valence-corrected chi connectivity index (χ3v) is 2.91. The van der Waals surface area contributed by atoms with Crippen LogP contribution in [0.25, 0.3) is 0 Å². The van der Waals surface area contributed by atoms with E-state index >= 15 is 0 Å². The molecule has 1 heterocycles. The third-order valence-electron chi connectivity index (χ3n) is 2.91. The van der Waals surface area contributed by atoms with Crippen LogP contribution in [0.2, 0.25) is 0 Å². The van der Waals surface area contributed by atoms with Gasteiger partial charge in [-0.1, -0.05) is 30.2 Å². The lowest BCUT2D eigenvalue weighted by Gasteiger charge is -2.40. The van der Waals surface area contributed by atoms with E-state index in [0.717, 1.165) is 0 Å². The molecule has 21 heavy (non-hydrogen) atoms. The summed E-state index contributed by atoms with van der Waals surface area (Å²) in [6, 6.07) is -2.69. The Labute approximate surface area is 130 Å². The van der Waals surface area contributed by atoms with E-state index < -0.39 is 79.2 Å². The number of benzene rings is 1. The molecule has 0 amide bonds. The number of rotatable bonds is 4. The van der Waals surface area contributed by atoms with E-state index in [2.05, 4.69) is 0 Å². The van der Waals surface area contributed by atoms with Crippen LogP contribution >= 0.6 is 0 Å². The Hall–Kier alpha value is -1.53. The van der Waals surface area contributed by atoms with Gasteiger partial charge in [-0.05, 0) is 5.56 Å². The lowest BCUT2D eigenvalue weighted by Crippen LogP contribution is -2.59. The maximum absolute atomic E-state index is 9.99. The van der Waals surface area contributed by atoms with Crippen molar-refractivity contribution in [1.29, 1.82) is 5.26 Å². The Morgan fingerprint density at radius 1 is 1.29 bits per heavy atom. The fourth-order valence-electron chi connectivity index (χ4n) is 1.79. The van der Waals surface area contributed by atoms with Gasteiger partial charge in [0, 0.05) is 0 Å². The van der Waals surface area contributed by atoms with E-state index in [1.54, 1.807) is 0 Å². The zero-order chi connectivity index (χ0) is 20.7. The molecule has 0 aromatic heterocycles. The zero-order valence-corrected chi connectivity index (χ0v) is 10.6. The summed E-state index contributed by atoms with van der Waals surface area (Å²) < 4.78 is 56.8. The smallest absolute Gasteiger partial charge is 0.188 e. The van der Waals surface area contributed by atoms with Crippen LogP contribution in [0, 0.1) is 11.3 Å². The SMILES string of the molecule is [2H]c1c([2H])c([2H])c(C([2H])(C#N)OC2OC(CO)C(O)C(O)C2O)c([2H])c1[2H]. The van der Waals surface area contributed by atoms with Crippen molar-refractivity contribution in [3.05, 3.63) is 35.8 Å². The van der Waals surface area contributed by atoms with Gasteiger partial charge in [-0.3, -0.25) is 0 Å². The molecule has 0 spiro atoms. The number of ether oxygens (including phenoxy) is 2. The summed E-state index contributed by atoms with van der Waals surface area (Å²) in [5.41, 5.74) is -0.812. The third kappa shape index (κ3) is 3.39. The predicted octanol–water partition coefficient (Wildman–Crippen LogP) is -0.932. The molecule has 0 aliphatic carbocycles. The van der Waals surface area contributed by atoms with Crippen molar-refractivity contribution < 1.29 is 38.1 Å². The summed E-state index contributed by atoms with van der Waals surface area (Å²) in [5, 5.41) is 48.1. The van der Waals surface area contributed by atoms with Gasteiger partial charge in [0.05, 0.1) is 20.9 Å². The van der Waals surface area contributed by atoms with E-state index in [1.807, 2.05) is 0 Å². The quantitative estimate of drug-likeness (QED) is 0.566. The van der Waals surface area contributed by atoms with Crippen LogP contribution in [0.15, 0.2) is 30.2 Å². The molecule has 114 valence electrons. The molecule has 1 aliphatic heterocycles. The molecule has 7 nitrogen and oxygen atoms in total. The van der Waals surface area contributed by atoms with Crippen LogP contribution in [-0.2, 0) is 9.47 Å². The summed E-state index contributed by atoms with van der Waals surface area (Å²) in [6.45, 7) is -0.781. The summed E-state index contributed by atoms with van der Waals surface area (Å²) in [6.07, 6.45) is -11.7. The minimum Gasteiger partial charge on any atom is -0.394 e. The van der Waals surface area contributed by atoms with E-state index in [1.165, 1.54) is 6.07 Å².